The Balaban J connectivity index is 1.90. The van der Waals surface area contributed by atoms with Gasteiger partial charge in [-0.2, -0.15) is 0 Å². The summed E-state index contributed by atoms with van der Waals surface area (Å²) in [6.07, 6.45) is 6.30. The number of allylic oxidation sites excluding steroid dienone is 1. The van der Waals surface area contributed by atoms with Crippen molar-refractivity contribution in [1.82, 2.24) is 9.80 Å². The molecule has 0 aromatic rings. The fraction of sp³-hybridized carbons (Fsp3) is 0.636. The van der Waals surface area contributed by atoms with Crippen LogP contribution in [0.1, 0.15) is 19.8 Å². The fourth-order valence-corrected chi connectivity index (χ4v) is 1.96. The number of carbonyl (C=O) groups excluding carboxylic acids is 1. The standard InChI is InChI=1S/C11H17N3O/c1-10(15)13-6-8-14(9-7-13)11-4-2-3-5-12-11/h4-5H,2-3,6-9H2,1H3. The van der Waals surface area contributed by atoms with E-state index in [0.717, 1.165) is 44.8 Å². The monoisotopic (exact) mass is 207 g/mol. The first-order valence-electron chi connectivity index (χ1n) is 5.50. The van der Waals surface area contributed by atoms with Crippen molar-refractivity contribution < 1.29 is 4.79 Å². The van der Waals surface area contributed by atoms with Crippen molar-refractivity contribution in [2.45, 2.75) is 19.8 Å². The van der Waals surface area contributed by atoms with Crippen LogP contribution in [0, 0.1) is 0 Å². The van der Waals surface area contributed by atoms with Gasteiger partial charge in [-0.15, -0.1) is 0 Å². The van der Waals surface area contributed by atoms with Gasteiger partial charge >= 0.3 is 0 Å². The van der Waals surface area contributed by atoms with E-state index in [0.29, 0.717) is 0 Å². The summed E-state index contributed by atoms with van der Waals surface area (Å²) in [5.41, 5.74) is 0. The van der Waals surface area contributed by atoms with Crippen LogP contribution in [-0.2, 0) is 4.79 Å². The predicted octanol–water partition coefficient (Wildman–Crippen LogP) is 0.857. The number of carbonyl (C=O) groups is 1. The van der Waals surface area contributed by atoms with Gasteiger partial charge in [0.05, 0.1) is 0 Å². The zero-order valence-electron chi connectivity index (χ0n) is 9.15. The maximum atomic E-state index is 11.1. The van der Waals surface area contributed by atoms with Gasteiger partial charge in [-0.3, -0.25) is 4.79 Å². The maximum Gasteiger partial charge on any atom is 0.219 e. The maximum absolute atomic E-state index is 11.1. The van der Waals surface area contributed by atoms with Gasteiger partial charge < -0.3 is 9.80 Å². The Bertz CT molecular complexity index is 301. The van der Waals surface area contributed by atoms with Crippen molar-refractivity contribution in [3.63, 3.8) is 0 Å². The van der Waals surface area contributed by atoms with Gasteiger partial charge in [-0.1, -0.05) is 0 Å². The largest absolute Gasteiger partial charge is 0.353 e. The van der Waals surface area contributed by atoms with Gasteiger partial charge in [0.25, 0.3) is 0 Å². The molecule has 0 unspecified atom stereocenters. The van der Waals surface area contributed by atoms with Crippen LogP contribution in [-0.4, -0.2) is 48.1 Å². The Labute approximate surface area is 90.3 Å². The number of hydrogen-bond donors (Lipinski definition) is 0. The lowest BCUT2D eigenvalue weighted by atomic mass is 10.2. The summed E-state index contributed by atoms with van der Waals surface area (Å²) in [7, 11) is 0. The normalized spacial score (nSPS) is 21.5. The van der Waals surface area contributed by atoms with Crippen molar-refractivity contribution >= 4 is 12.1 Å². The Morgan fingerprint density at radius 3 is 2.53 bits per heavy atom. The van der Waals surface area contributed by atoms with E-state index in [1.54, 1.807) is 6.92 Å². The average molecular weight is 207 g/mol. The second kappa shape index (κ2) is 4.47. The summed E-state index contributed by atoms with van der Waals surface area (Å²) in [5, 5.41) is 0. The zero-order chi connectivity index (χ0) is 10.7. The molecule has 1 amide bonds. The average Bonchev–Trinajstić information content (AvgIpc) is 2.30. The molecule has 4 nitrogen and oxygen atoms in total. The van der Waals surface area contributed by atoms with Crippen LogP contribution in [0.5, 0.6) is 0 Å². The molecule has 0 bridgehead atoms. The molecule has 2 heterocycles. The van der Waals surface area contributed by atoms with E-state index in [2.05, 4.69) is 16.0 Å². The van der Waals surface area contributed by atoms with Gasteiger partial charge in [-0.25, -0.2) is 4.99 Å². The summed E-state index contributed by atoms with van der Waals surface area (Å²) >= 11 is 0. The predicted molar refractivity (Wildman–Crippen MR) is 59.6 cm³/mol. The SMILES string of the molecule is CC(=O)N1CCN(C2=CCCC=N2)CC1. The molecule has 0 atom stereocenters. The summed E-state index contributed by atoms with van der Waals surface area (Å²) < 4.78 is 0. The topological polar surface area (TPSA) is 35.9 Å². The molecule has 4 heteroatoms. The van der Waals surface area contributed by atoms with E-state index in [-0.39, 0.29) is 5.91 Å². The molecule has 82 valence electrons. The van der Waals surface area contributed by atoms with E-state index < -0.39 is 0 Å². The molecule has 2 rings (SSSR count). The first-order chi connectivity index (χ1) is 7.27. The van der Waals surface area contributed by atoms with Crippen molar-refractivity contribution in [1.29, 1.82) is 0 Å². The van der Waals surface area contributed by atoms with Gasteiger partial charge in [-0.05, 0) is 18.9 Å². The Morgan fingerprint density at radius 2 is 2.00 bits per heavy atom. The van der Waals surface area contributed by atoms with Crippen LogP contribution in [0.3, 0.4) is 0 Å². The highest BCUT2D eigenvalue weighted by molar-refractivity contribution is 5.73. The first kappa shape index (κ1) is 10.2. The molecule has 0 spiro atoms. The third-order valence-corrected chi connectivity index (χ3v) is 2.90. The lowest BCUT2D eigenvalue weighted by Crippen LogP contribution is -2.47. The minimum absolute atomic E-state index is 0.177. The van der Waals surface area contributed by atoms with Crippen molar-refractivity contribution in [3.05, 3.63) is 11.9 Å². The molecular formula is C11H17N3O. The van der Waals surface area contributed by atoms with E-state index in [1.165, 1.54) is 0 Å². The number of nitrogens with zero attached hydrogens (tertiary/aromatic N) is 3. The highest BCUT2D eigenvalue weighted by Crippen LogP contribution is 2.14. The zero-order valence-corrected chi connectivity index (χ0v) is 9.15. The highest BCUT2D eigenvalue weighted by atomic mass is 16.2. The number of rotatable bonds is 1. The molecule has 0 saturated carbocycles. The molecule has 1 saturated heterocycles. The van der Waals surface area contributed by atoms with E-state index >= 15 is 0 Å². The molecule has 0 radical (unpaired) electrons. The van der Waals surface area contributed by atoms with Crippen LogP contribution in [0.25, 0.3) is 0 Å². The van der Waals surface area contributed by atoms with E-state index in [9.17, 15) is 4.79 Å². The van der Waals surface area contributed by atoms with Gasteiger partial charge in [0.15, 0.2) is 0 Å². The Kier molecular flexibility index (Phi) is 3.04. The van der Waals surface area contributed by atoms with Crippen molar-refractivity contribution in [2.24, 2.45) is 4.99 Å². The smallest absolute Gasteiger partial charge is 0.219 e. The number of aliphatic imine (C=N–C) groups is 1. The molecule has 0 aliphatic carbocycles. The minimum Gasteiger partial charge on any atom is -0.353 e. The summed E-state index contributed by atoms with van der Waals surface area (Å²) in [5.74, 6) is 1.26. The Hall–Kier alpha value is -1.32. The Morgan fingerprint density at radius 1 is 1.27 bits per heavy atom. The molecule has 0 aromatic heterocycles. The van der Waals surface area contributed by atoms with Crippen molar-refractivity contribution in [3.8, 4) is 0 Å². The molecule has 15 heavy (non-hydrogen) atoms. The van der Waals surface area contributed by atoms with Crippen LogP contribution in [0.4, 0.5) is 0 Å². The van der Waals surface area contributed by atoms with Crippen LogP contribution in [0.15, 0.2) is 16.9 Å². The quantitative estimate of drug-likeness (QED) is 0.639. The van der Waals surface area contributed by atoms with Gasteiger partial charge in [0, 0.05) is 39.3 Å². The third-order valence-electron chi connectivity index (χ3n) is 2.90. The number of piperazine rings is 1. The number of amides is 1. The molecule has 2 aliphatic heterocycles. The number of hydrogen-bond acceptors (Lipinski definition) is 3. The molecule has 0 aromatic carbocycles. The highest BCUT2D eigenvalue weighted by Gasteiger charge is 2.19. The van der Waals surface area contributed by atoms with Crippen LogP contribution >= 0.6 is 0 Å². The van der Waals surface area contributed by atoms with Gasteiger partial charge in [0.2, 0.25) is 5.91 Å². The molecule has 0 N–H and O–H groups in total. The lowest BCUT2D eigenvalue weighted by molar-refractivity contribution is -0.130. The fourth-order valence-electron chi connectivity index (χ4n) is 1.96. The summed E-state index contributed by atoms with van der Waals surface area (Å²) in [6, 6.07) is 0. The second-order valence-electron chi connectivity index (χ2n) is 3.94. The van der Waals surface area contributed by atoms with Crippen LogP contribution in [0.2, 0.25) is 0 Å². The van der Waals surface area contributed by atoms with E-state index in [4.69, 9.17) is 0 Å². The third kappa shape index (κ3) is 2.37. The van der Waals surface area contributed by atoms with Crippen LogP contribution < -0.4 is 0 Å². The molecular weight excluding hydrogens is 190 g/mol. The van der Waals surface area contributed by atoms with Crippen molar-refractivity contribution in [2.75, 3.05) is 26.2 Å². The minimum atomic E-state index is 0.177. The lowest BCUT2D eigenvalue weighted by Gasteiger charge is -2.35. The van der Waals surface area contributed by atoms with E-state index in [1.807, 2.05) is 11.1 Å². The van der Waals surface area contributed by atoms with Gasteiger partial charge in [0.1, 0.15) is 5.82 Å². The first-order valence-corrected chi connectivity index (χ1v) is 5.50. The molecule has 1 fully saturated rings. The second-order valence-corrected chi connectivity index (χ2v) is 3.94. The molecule has 2 aliphatic rings. The summed E-state index contributed by atoms with van der Waals surface area (Å²) in [4.78, 5) is 19.7. The summed E-state index contributed by atoms with van der Waals surface area (Å²) in [6.45, 7) is 5.09.